The normalized spacial score (nSPS) is 12.9. The molecule has 1 aromatic heterocycles. The van der Waals surface area contributed by atoms with Gasteiger partial charge >= 0.3 is 0 Å². The largest absolute Gasteiger partial charge is 0.374 e. The molecule has 0 fully saturated rings. The van der Waals surface area contributed by atoms with Gasteiger partial charge in [-0.2, -0.15) is 0 Å². The van der Waals surface area contributed by atoms with Crippen LogP contribution in [0, 0.1) is 0 Å². The molecule has 9 nitrogen and oxygen atoms in total. The summed E-state index contributed by atoms with van der Waals surface area (Å²) in [6.07, 6.45) is 0. The fourth-order valence-corrected chi connectivity index (χ4v) is 4.54. The Labute approximate surface area is 210 Å². The molecule has 0 radical (unpaired) electrons. The number of nitrogens with zero attached hydrogens (tertiary/aromatic N) is 1. The molecule has 0 saturated carbocycles. The molecule has 3 aromatic carbocycles. The second kappa shape index (κ2) is 10.5. The molecule has 188 valence electrons. The summed E-state index contributed by atoms with van der Waals surface area (Å²) < 4.78 is 33.8. The Kier molecular flexibility index (Phi) is 7.39. The van der Waals surface area contributed by atoms with E-state index in [-0.39, 0.29) is 17.4 Å². The van der Waals surface area contributed by atoms with Crippen LogP contribution >= 0.6 is 0 Å². The molecule has 0 saturated heterocycles. The zero-order chi connectivity index (χ0) is 25.8. The van der Waals surface area contributed by atoms with Crippen LogP contribution in [0.1, 0.15) is 31.3 Å². The van der Waals surface area contributed by atoms with Crippen molar-refractivity contribution >= 4 is 32.7 Å². The van der Waals surface area contributed by atoms with Crippen molar-refractivity contribution in [3.8, 4) is 0 Å². The molecule has 0 aliphatic carbocycles. The van der Waals surface area contributed by atoms with E-state index in [1.165, 1.54) is 12.1 Å². The molecule has 0 unspecified atom stereocenters. The number of sulfonamides is 1. The van der Waals surface area contributed by atoms with E-state index in [2.05, 4.69) is 20.0 Å². The van der Waals surface area contributed by atoms with Crippen molar-refractivity contribution in [3.63, 3.8) is 0 Å². The molecule has 4 rings (SSSR count). The Bertz CT molecular complexity index is 1430. The minimum atomic E-state index is -3.74. The van der Waals surface area contributed by atoms with E-state index in [0.29, 0.717) is 29.2 Å². The summed E-state index contributed by atoms with van der Waals surface area (Å²) in [5.41, 5.74) is 7.49. The van der Waals surface area contributed by atoms with Crippen molar-refractivity contribution in [2.45, 2.75) is 36.9 Å². The summed E-state index contributed by atoms with van der Waals surface area (Å²) >= 11 is 0. The van der Waals surface area contributed by atoms with Crippen LogP contribution in [0.15, 0.2) is 83.8 Å². The average molecular weight is 508 g/mol. The Morgan fingerprint density at radius 1 is 1.06 bits per heavy atom. The van der Waals surface area contributed by atoms with Crippen molar-refractivity contribution in [1.29, 1.82) is 0 Å². The molecule has 1 heterocycles. The van der Waals surface area contributed by atoms with Gasteiger partial charge in [-0.3, -0.25) is 9.52 Å². The van der Waals surface area contributed by atoms with Crippen LogP contribution in [0.25, 0.3) is 11.0 Å². The van der Waals surface area contributed by atoms with Gasteiger partial charge in [0.1, 0.15) is 11.9 Å². The molecule has 0 aliphatic rings. The van der Waals surface area contributed by atoms with Gasteiger partial charge in [0.15, 0.2) is 0 Å². The smallest absolute Gasteiger partial charge is 0.261 e. The Hall–Kier alpha value is -3.73. The van der Waals surface area contributed by atoms with Crippen molar-refractivity contribution in [3.05, 3.63) is 90.3 Å². The second-order valence-corrected chi connectivity index (χ2v) is 10.7. The van der Waals surface area contributed by atoms with Gasteiger partial charge in [0.25, 0.3) is 10.0 Å². The van der Waals surface area contributed by atoms with E-state index < -0.39 is 21.6 Å². The number of hydrogen-bond donors (Lipinski definition) is 4. The van der Waals surface area contributed by atoms with Crippen LogP contribution in [0.5, 0.6) is 0 Å². The number of aromatic nitrogens is 2. The molecule has 0 aliphatic heterocycles. The van der Waals surface area contributed by atoms with E-state index in [4.69, 9.17) is 10.5 Å². The second-order valence-electron chi connectivity index (χ2n) is 9.02. The number of carbonyl (C=O) groups excluding carboxylic acids is 1. The lowest BCUT2D eigenvalue weighted by atomic mass is 10.1. The summed E-state index contributed by atoms with van der Waals surface area (Å²) in [6.45, 7) is 3.76. The number of aromatic amines is 1. The topological polar surface area (TPSA) is 139 Å². The number of amides is 1. The highest BCUT2D eigenvalue weighted by atomic mass is 32.2. The standard InChI is InChI=1S/C26H29N5O4S/c1-26(2,27)25(32)30-23(17-35-16-18-9-5-3-6-10-18)24-28-21-14-13-19(15-22(21)29-24)31-36(33,34)20-11-7-4-8-12-20/h3-15,23,31H,16-17,27H2,1-2H3,(H,28,29)(H,30,32)/t23-/m1/s1. The van der Waals surface area contributed by atoms with Crippen LogP contribution in [0.4, 0.5) is 5.69 Å². The third-order valence-electron chi connectivity index (χ3n) is 5.42. The molecular formula is C26H29N5O4S. The summed E-state index contributed by atoms with van der Waals surface area (Å²) in [7, 11) is -3.74. The van der Waals surface area contributed by atoms with E-state index in [9.17, 15) is 13.2 Å². The molecule has 36 heavy (non-hydrogen) atoms. The fourth-order valence-electron chi connectivity index (χ4n) is 3.47. The molecule has 4 aromatic rings. The number of imidazole rings is 1. The van der Waals surface area contributed by atoms with Crippen LogP contribution < -0.4 is 15.8 Å². The van der Waals surface area contributed by atoms with Gasteiger partial charge < -0.3 is 20.8 Å². The molecule has 1 amide bonds. The number of hydrogen-bond acceptors (Lipinski definition) is 6. The van der Waals surface area contributed by atoms with Gasteiger partial charge in [0, 0.05) is 0 Å². The minimum absolute atomic E-state index is 0.157. The highest BCUT2D eigenvalue weighted by molar-refractivity contribution is 7.92. The number of H-pyrrole nitrogens is 1. The van der Waals surface area contributed by atoms with E-state index in [1.807, 2.05) is 30.3 Å². The Balaban J connectivity index is 1.55. The first kappa shape index (κ1) is 25.4. The summed E-state index contributed by atoms with van der Waals surface area (Å²) in [4.78, 5) is 20.6. The highest BCUT2D eigenvalue weighted by Gasteiger charge is 2.27. The first-order valence-corrected chi connectivity index (χ1v) is 12.9. The Morgan fingerprint density at radius 3 is 2.39 bits per heavy atom. The van der Waals surface area contributed by atoms with Gasteiger partial charge in [-0.05, 0) is 49.7 Å². The lowest BCUT2D eigenvalue weighted by molar-refractivity contribution is -0.126. The summed E-state index contributed by atoms with van der Waals surface area (Å²) in [5, 5.41) is 2.90. The van der Waals surface area contributed by atoms with Gasteiger partial charge in [0.2, 0.25) is 5.91 Å². The third-order valence-corrected chi connectivity index (χ3v) is 6.82. The lowest BCUT2D eigenvalue weighted by Crippen LogP contribution is -2.50. The highest BCUT2D eigenvalue weighted by Crippen LogP contribution is 2.23. The quantitative estimate of drug-likeness (QED) is 0.259. The first-order valence-electron chi connectivity index (χ1n) is 11.4. The molecular weight excluding hydrogens is 478 g/mol. The number of nitrogens with one attached hydrogen (secondary N) is 3. The number of fused-ring (bicyclic) bond motifs is 1. The number of carbonyl (C=O) groups is 1. The SMILES string of the molecule is CC(C)(N)C(=O)N[C@H](COCc1ccccc1)c1nc2ccc(NS(=O)(=O)c3ccccc3)cc2[nH]1. The molecule has 1 atom stereocenters. The van der Waals surface area contributed by atoms with Crippen molar-refractivity contribution in [2.24, 2.45) is 5.73 Å². The maximum atomic E-state index is 12.7. The van der Waals surface area contributed by atoms with Crippen molar-refractivity contribution in [2.75, 3.05) is 11.3 Å². The Morgan fingerprint density at radius 2 is 1.72 bits per heavy atom. The van der Waals surface area contributed by atoms with Crippen LogP contribution in [0.2, 0.25) is 0 Å². The van der Waals surface area contributed by atoms with E-state index in [1.54, 1.807) is 50.2 Å². The number of nitrogens with two attached hydrogens (primary N) is 1. The maximum Gasteiger partial charge on any atom is 0.261 e. The van der Waals surface area contributed by atoms with Crippen molar-refractivity contribution in [1.82, 2.24) is 15.3 Å². The first-order chi connectivity index (χ1) is 17.1. The van der Waals surface area contributed by atoms with Crippen LogP contribution in [-0.4, -0.2) is 36.4 Å². The fraction of sp³-hybridized carbons (Fsp3) is 0.231. The predicted molar refractivity (Wildman–Crippen MR) is 139 cm³/mol. The zero-order valence-electron chi connectivity index (χ0n) is 20.1. The van der Waals surface area contributed by atoms with E-state index in [0.717, 1.165) is 5.56 Å². The minimum Gasteiger partial charge on any atom is -0.374 e. The lowest BCUT2D eigenvalue weighted by Gasteiger charge is -2.23. The van der Waals surface area contributed by atoms with Crippen LogP contribution in [0.3, 0.4) is 0 Å². The molecule has 0 bridgehead atoms. The van der Waals surface area contributed by atoms with Gasteiger partial charge in [-0.1, -0.05) is 48.5 Å². The number of rotatable bonds is 10. The van der Waals surface area contributed by atoms with Gasteiger partial charge in [0.05, 0.1) is 40.4 Å². The maximum absolute atomic E-state index is 12.7. The van der Waals surface area contributed by atoms with Gasteiger partial charge in [-0.25, -0.2) is 13.4 Å². The zero-order valence-corrected chi connectivity index (χ0v) is 20.9. The molecule has 5 N–H and O–H groups in total. The molecule has 10 heteroatoms. The monoisotopic (exact) mass is 507 g/mol. The molecule has 0 spiro atoms. The number of ether oxygens (including phenoxy) is 1. The van der Waals surface area contributed by atoms with Crippen molar-refractivity contribution < 1.29 is 17.9 Å². The average Bonchev–Trinajstić information content (AvgIpc) is 3.27. The van der Waals surface area contributed by atoms with Gasteiger partial charge in [-0.15, -0.1) is 0 Å². The summed E-state index contributed by atoms with van der Waals surface area (Å²) in [5.74, 6) is 0.117. The summed E-state index contributed by atoms with van der Waals surface area (Å²) in [6, 6.07) is 22.2. The predicted octanol–water partition coefficient (Wildman–Crippen LogP) is 3.48. The number of benzene rings is 3. The third kappa shape index (κ3) is 6.28. The number of anilines is 1. The van der Waals surface area contributed by atoms with Crippen LogP contribution in [-0.2, 0) is 26.2 Å². The van der Waals surface area contributed by atoms with E-state index >= 15 is 0 Å².